The van der Waals surface area contributed by atoms with E-state index in [9.17, 15) is 9.18 Å². The van der Waals surface area contributed by atoms with Gasteiger partial charge in [-0.1, -0.05) is 19.1 Å². The highest BCUT2D eigenvalue weighted by Crippen LogP contribution is 2.22. The van der Waals surface area contributed by atoms with Gasteiger partial charge in [0.05, 0.1) is 5.69 Å². The molecular formula is C19H23FN4O2. The molecule has 138 valence electrons. The molecule has 1 aromatic heterocycles. The fourth-order valence-electron chi connectivity index (χ4n) is 3.00. The molecule has 1 unspecified atom stereocenters. The van der Waals surface area contributed by atoms with Crippen LogP contribution in [0.1, 0.15) is 25.5 Å². The summed E-state index contributed by atoms with van der Waals surface area (Å²) >= 11 is 0. The SMILES string of the molecule is Cc1cc(OCC(=O)Nc2ccccc2F)nc(N2CCCC(C)C2)n1. The topological polar surface area (TPSA) is 67.3 Å². The third kappa shape index (κ3) is 4.68. The zero-order valence-corrected chi connectivity index (χ0v) is 15.0. The minimum Gasteiger partial charge on any atom is -0.467 e. The quantitative estimate of drug-likeness (QED) is 0.889. The molecule has 1 aliphatic rings. The zero-order chi connectivity index (χ0) is 18.5. The van der Waals surface area contributed by atoms with E-state index < -0.39 is 11.7 Å². The molecule has 1 saturated heterocycles. The molecule has 0 aliphatic carbocycles. The number of carbonyl (C=O) groups excluding carboxylic acids is 1. The van der Waals surface area contributed by atoms with Crippen molar-refractivity contribution >= 4 is 17.5 Å². The maximum Gasteiger partial charge on any atom is 0.262 e. The standard InChI is InChI=1S/C19H23FN4O2/c1-13-6-5-9-24(11-13)19-21-14(2)10-18(23-19)26-12-17(25)22-16-8-4-3-7-15(16)20/h3-4,7-8,10,13H,5-6,9,11-12H2,1-2H3,(H,22,25). The molecule has 7 heteroatoms. The summed E-state index contributed by atoms with van der Waals surface area (Å²) in [6.45, 7) is 5.66. The summed E-state index contributed by atoms with van der Waals surface area (Å²) in [5, 5.41) is 2.49. The lowest BCUT2D eigenvalue weighted by molar-refractivity contribution is -0.118. The molecule has 1 atom stereocenters. The summed E-state index contributed by atoms with van der Waals surface area (Å²) in [4.78, 5) is 23.1. The number of nitrogens with one attached hydrogen (secondary N) is 1. The Morgan fingerprint density at radius 2 is 2.19 bits per heavy atom. The van der Waals surface area contributed by atoms with Crippen LogP contribution in [0.2, 0.25) is 0 Å². The molecule has 3 rings (SSSR count). The highest BCUT2D eigenvalue weighted by molar-refractivity contribution is 5.91. The third-order valence-corrected chi connectivity index (χ3v) is 4.26. The number of para-hydroxylation sites is 1. The summed E-state index contributed by atoms with van der Waals surface area (Å²) in [6, 6.07) is 7.69. The fraction of sp³-hybridized carbons (Fsp3) is 0.421. The first-order valence-corrected chi connectivity index (χ1v) is 8.79. The number of rotatable bonds is 5. The largest absolute Gasteiger partial charge is 0.467 e. The van der Waals surface area contributed by atoms with Crippen molar-refractivity contribution in [3.63, 3.8) is 0 Å². The van der Waals surface area contributed by atoms with E-state index in [-0.39, 0.29) is 12.3 Å². The van der Waals surface area contributed by atoms with E-state index in [4.69, 9.17) is 4.74 Å². The molecular weight excluding hydrogens is 335 g/mol. The maximum atomic E-state index is 13.6. The van der Waals surface area contributed by atoms with E-state index in [1.807, 2.05) is 6.92 Å². The number of aromatic nitrogens is 2. The number of halogens is 1. The van der Waals surface area contributed by atoms with E-state index >= 15 is 0 Å². The average molecular weight is 358 g/mol. The van der Waals surface area contributed by atoms with Crippen LogP contribution in [0.5, 0.6) is 5.88 Å². The van der Waals surface area contributed by atoms with E-state index in [1.165, 1.54) is 18.6 Å². The van der Waals surface area contributed by atoms with Crippen molar-refractivity contribution in [1.82, 2.24) is 9.97 Å². The second-order valence-electron chi connectivity index (χ2n) is 6.66. The van der Waals surface area contributed by atoms with Crippen molar-refractivity contribution in [2.45, 2.75) is 26.7 Å². The van der Waals surface area contributed by atoms with E-state index in [2.05, 4.69) is 27.1 Å². The monoisotopic (exact) mass is 358 g/mol. The molecule has 0 bridgehead atoms. The van der Waals surface area contributed by atoms with Crippen LogP contribution in [0.3, 0.4) is 0 Å². The van der Waals surface area contributed by atoms with Crippen molar-refractivity contribution in [3.05, 3.63) is 41.8 Å². The van der Waals surface area contributed by atoms with Gasteiger partial charge in [0.15, 0.2) is 6.61 Å². The van der Waals surface area contributed by atoms with Gasteiger partial charge < -0.3 is 15.0 Å². The van der Waals surface area contributed by atoms with Crippen molar-refractivity contribution in [2.75, 3.05) is 29.9 Å². The predicted octanol–water partition coefficient (Wildman–Crippen LogP) is 3.18. The van der Waals surface area contributed by atoms with E-state index in [0.717, 1.165) is 25.2 Å². The molecule has 26 heavy (non-hydrogen) atoms. The zero-order valence-electron chi connectivity index (χ0n) is 15.0. The van der Waals surface area contributed by atoms with Gasteiger partial charge in [0.25, 0.3) is 5.91 Å². The van der Waals surface area contributed by atoms with Crippen molar-refractivity contribution in [2.24, 2.45) is 5.92 Å². The number of nitrogens with zero attached hydrogens (tertiary/aromatic N) is 3. The number of carbonyl (C=O) groups is 1. The number of benzene rings is 1. The molecule has 1 fully saturated rings. The molecule has 6 nitrogen and oxygen atoms in total. The van der Waals surface area contributed by atoms with Crippen LogP contribution in [0.15, 0.2) is 30.3 Å². The second kappa shape index (κ2) is 8.12. The number of aryl methyl sites for hydroxylation is 1. The summed E-state index contributed by atoms with van der Waals surface area (Å²) in [5.74, 6) is 0.638. The van der Waals surface area contributed by atoms with Gasteiger partial charge in [-0.05, 0) is 37.8 Å². The smallest absolute Gasteiger partial charge is 0.262 e. The molecule has 1 N–H and O–H groups in total. The van der Waals surface area contributed by atoms with Crippen LogP contribution in [0.25, 0.3) is 0 Å². The molecule has 0 saturated carbocycles. The van der Waals surface area contributed by atoms with Gasteiger partial charge in [0.1, 0.15) is 5.82 Å². The van der Waals surface area contributed by atoms with Crippen LogP contribution in [0, 0.1) is 18.7 Å². The van der Waals surface area contributed by atoms with Gasteiger partial charge in [0, 0.05) is 24.8 Å². The van der Waals surface area contributed by atoms with Gasteiger partial charge in [0.2, 0.25) is 11.8 Å². The molecule has 2 heterocycles. The van der Waals surface area contributed by atoms with Crippen LogP contribution < -0.4 is 15.0 Å². The average Bonchev–Trinajstić information content (AvgIpc) is 2.61. The van der Waals surface area contributed by atoms with Crippen molar-refractivity contribution in [3.8, 4) is 5.88 Å². The highest BCUT2D eigenvalue weighted by Gasteiger charge is 2.19. The molecule has 2 aromatic rings. The van der Waals surface area contributed by atoms with Gasteiger partial charge in [-0.25, -0.2) is 9.37 Å². The molecule has 1 aliphatic heterocycles. The van der Waals surface area contributed by atoms with Crippen LogP contribution in [0.4, 0.5) is 16.0 Å². The Hall–Kier alpha value is -2.70. The Balaban J connectivity index is 1.62. The predicted molar refractivity (Wildman–Crippen MR) is 97.9 cm³/mol. The van der Waals surface area contributed by atoms with Gasteiger partial charge in [-0.2, -0.15) is 4.98 Å². The van der Waals surface area contributed by atoms with E-state index in [0.29, 0.717) is 17.7 Å². The Morgan fingerprint density at radius 1 is 1.38 bits per heavy atom. The Kier molecular flexibility index (Phi) is 5.65. The summed E-state index contributed by atoms with van der Waals surface area (Å²) in [7, 11) is 0. The third-order valence-electron chi connectivity index (χ3n) is 4.26. The van der Waals surface area contributed by atoms with Crippen LogP contribution in [-0.4, -0.2) is 35.6 Å². The summed E-state index contributed by atoms with van der Waals surface area (Å²) in [6.07, 6.45) is 2.32. The minimum atomic E-state index is -0.486. The first kappa shape index (κ1) is 18.1. The van der Waals surface area contributed by atoms with Crippen molar-refractivity contribution in [1.29, 1.82) is 0 Å². The second-order valence-corrected chi connectivity index (χ2v) is 6.66. The Bertz CT molecular complexity index is 784. The molecule has 0 radical (unpaired) electrons. The summed E-state index contributed by atoms with van der Waals surface area (Å²) < 4.78 is 19.1. The number of anilines is 2. The number of piperidine rings is 1. The number of amides is 1. The minimum absolute atomic E-state index is 0.128. The maximum absolute atomic E-state index is 13.6. The van der Waals surface area contributed by atoms with Crippen LogP contribution in [-0.2, 0) is 4.79 Å². The van der Waals surface area contributed by atoms with Gasteiger partial charge >= 0.3 is 0 Å². The number of ether oxygens (including phenoxy) is 1. The van der Waals surface area contributed by atoms with Crippen LogP contribution >= 0.6 is 0 Å². The normalized spacial score (nSPS) is 17.0. The lowest BCUT2D eigenvalue weighted by Gasteiger charge is -2.31. The van der Waals surface area contributed by atoms with Crippen molar-refractivity contribution < 1.29 is 13.9 Å². The Labute approximate surface area is 152 Å². The molecule has 0 spiro atoms. The highest BCUT2D eigenvalue weighted by atomic mass is 19.1. The fourth-order valence-corrected chi connectivity index (χ4v) is 3.00. The number of hydrogen-bond acceptors (Lipinski definition) is 5. The lowest BCUT2D eigenvalue weighted by atomic mass is 10.0. The lowest BCUT2D eigenvalue weighted by Crippen LogP contribution is -2.35. The van der Waals surface area contributed by atoms with Gasteiger partial charge in [-0.15, -0.1) is 0 Å². The molecule has 1 aromatic carbocycles. The number of hydrogen-bond donors (Lipinski definition) is 1. The Morgan fingerprint density at radius 3 is 2.96 bits per heavy atom. The van der Waals surface area contributed by atoms with E-state index in [1.54, 1.807) is 18.2 Å². The first-order valence-electron chi connectivity index (χ1n) is 8.79. The summed E-state index contributed by atoms with van der Waals surface area (Å²) in [5.41, 5.74) is 0.903. The molecule has 1 amide bonds. The first-order chi connectivity index (χ1) is 12.5. The van der Waals surface area contributed by atoms with Gasteiger partial charge in [-0.3, -0.25) is 4.79 Å².